The van der Waals surface area contributed by atoms with Gasteiger partial charge in [0.1, 0.15) is 0 Å². The minimum Gasteiger partial charge on any atom is -0.480 e. The quantitative estimate of drug-likeness (QED) is 0.571. The fourth-order valence-corrected chi connectivity index (χ4v) is 6.03. The summed E-state index contributed by atoms with van der Waals surface area (Å²) in [4.78, 5) is 47.0. The number of carboxylic acid groups (broad SMARTS) is 1. The van der Waals surface area contributed by atoms with Crippen LogP contribution in [0.15, 0.2) is 84.9 Å². The molecule has 0 saturated carbocycles. The molecule has 8 nitrogen and oxygen atoms in total. The average molecular weight is 497 g/mol. The minimum absolute atomic E-state index is 0.148. The second kappa shape index (κ2) is 9.28. The van der Waals surface area contributed by atoms with Gasteiger partial charge in [-0.2, -0.15) is 0 Å². The molecule has 188 valence electrons. The van der Waals surface area contributed by atoms with E-state index in [1.807, 2.05) is 84.9 Å². The minimum atomic E-state index is -1.13. The molecule has 3 aliphatic heterocycles. The van der Waals surface area contributed by atoms with Gasteiger partial charge in [0.15, 0.2) is 6.04 Å². The van der Waals surface area contributed by atoms with E-state index in [0.29, 0.717) is 37.3 Å². The number of carbonyl (C=O) groups excluding carboxylic acids is 2. The number of benzene rings is 3. The number of nitrogens with zero attached hydrogens (tertiary/aromatic N) is 4. The molecule has 2 bridgehead atoms. The van der Waals surface area contributed by atoms with E-state index in [1.165, 1.54) is 4.90 Å². The number of urea groups is 2. The van der Waals surface area contributed by atoms with Crippen molar-refractivity contribution in [2.75, 3.05) is 11.4 Å². The maximum absolute atomic E-state index is 14.1. The Morgan fingerprint density at radius 2 is 1.30 bits per heavy atom. The van der Waals surface area contributed by atoms with Gasteiger partial charge in [0.2, 0.25) is 0 Å². The summed E-state index contributed by atoms with van der Waals surface area (Å²) in [6, 6.07) is 24.0. The van der Waals surface area contributed by atoms with Crippen molar-refractivity contribution >= 4 is 29.4 Å². The fourth-order valence-electron chi connectivity index (χ4n) is 6.03. The first-order chi connectivity index (χ1) is 18.0. The molecule has 0 radical (unpaired) electrons. The zero-order chi connectivity index (χ0) is 25.5. The third-order valence-electron chi connectivity index (χ3n) is 7.71. The highest BCUT2D eigenvalue weighted by Gasteiger charge is 2.54. The van der Waals surface area contributed by atoms with Crippen LogP contribution in [0.3, 0.4) is 0 Å². The van der Waals surface area contributed by atoms with Gasteiger partial charge in [0.05, 0.1) is 23.5 Å². The number of piperazine rings is 1. The largest absolute Gasteiger partial charge is 0.480 e. The molecule has 3 aromatic carbocycles. The van der Waals surface area contributed by atoms with Crippen LogP contribution in [0, 0.1) is 0 Å². The van der Waals surface area contributed by atoms with Crippen LogP contribution in [-0.2, 0) is 17.9 Å². The second-order valence-corrected chi connectivity index (χ2v) is 9.84. The van der Waals surface area contributed by atoms with Crippen LogP contribution in [0.25, 0.3) is 0 Å². The summed E-state index contributed by atoms with van der Waals surface area (Å²) < 4.78 is 0. The molecule has 3 aliphatic rings. The summed E-state index contributed by atoms with van der Waals surface area (Å²) in [5, 5.41) is 10.3. The van der Waals surface area contributed by atoms with E-state index < -0.39 is 24.1 Å². The van der Waals surface area contributed by atoms with Gasteiger partial charge in [-0.25, -0.2) is 14.4 Å². The Labute approximate surface area is 215 Å². The predicted octanol–water partition coefficient (Wildman–Crippen LogP) is 4.68. The highest BCUT2D eigenvalue weighted by molar-refractivity contribution is 6.01. The smallest absolute Gasteiger partial charge is 0.329 e. The van der Waals surface area contributed by atoms with Crippen LogP contribution in [0.1, 0.15) is 24.0 Å². The number of hydrogen-bond acceptors (Lipinski definition) is 3. The van der Waals surface area contributed by atoms with E-state index in [2.05, 4.69) is 0 Å². The zero-order valence-electron chi connectivity index (χ0n) is 20.3. The molecule has 0 aromatic heterocycles. The van der Waals surface area contributed by atoms with Crippen molar-refractivity contribution in [3.63, 3.8) is 0 Å². The molecular formula is C29H28N4O4. The summed E-state index contributed by atoms with van der Waals surface area (Å²) in [5.74, 6) is -1.10. The SMILES string of the molecule is O=C(O)[C@@H]1[C@H]2CC[C@@H](CN1C(=O)N(c1ccccc1)c1ccccc1)N2C(=O)N1Cc2ccccc2C1. The number of likely N-dealkylation sites (tertiary alicyclic amines) is 1. The molecule has 2 fully saturated rings. The number of fused-ring (bicyclic) bond motifs is 3. The van der Waals surface area contributed by atoms with E-state index in [4.69, 9.17) is 0 Å². The van der Waals surface area contributed by atoms with Gasteiger partial charge >= 0.3 is 18.0 Å². The fraction of sp³-hybridized carbons (Fsp3) is 0.276. The van der Waals surface area contributed by atoms with Crippen molar-refractivity contribution in [3.8, 4) is 0 Å². The van der Waals surface area contributed by atoms with Crippen LogP contribution >= 0.6 is 0 Å². The first kappa shape index (κ1) is 23.1. The van der Waals surface area contributed by atoms with Crippen LogP contribution < -0.4 is 4.90 Å². The zero-order valence-corrected chi connectivity index (χ0v) is 20.3. The van der Waals surface area contributed by atoms with E-state index in [0.717, 1.165) is 11.1 Å². The molecular weight excluding hydrogens is 468 g/mol. The Balaban J connectivity index is 1.30. The number of rotatable bonds is 3. The average Bonchev–Trinajstić information content (AvgIpc) is 3.49. The molecule has 0 unspecified atom stereocenters. The highest BCUT2D eigenvalue weighted by atomic mass is 16.4. The van der Waals surface area contributed by atoms with Crippen molar-refractivity contribution in [1.29, 1.82) is 0 Å². The van der Waals surface area contributed by atoms with Gasteiger partial charge in [0.25, 0.3) is 0 Å². The summed E-state index contributed by atoms with van der Waals surface area (Å²) in [6.07, 6.45) is 1.22. The molecule has 3 heterocycles. The topological polar surface area (TPSA) is 84.4 Å². The predicted molar refractivity (Wildman–Crippen MR) is 138 cm³/mol. The molecule has 0 aliphatic carbocycles. The highest BCUT2D eigenvalue weighted by Crippen LogP contribution is 2.38. The molecule has 1 N–H and O–H groups in total. The number of anilines is 2. The van der Waals surface area contributed by atoms with Crippen molar-refractivity contribution in [2.45, 2.75) is 44.1 Å². The number of hydrogen-bond donors (Lipinski definition) is 1. The van der Waals surface area contributed by atoms with Crippen LogP contribution in [0.5, 0.6) is 0 Å². The third kappa shape index (κ3) is 3.98. The monoisotopic (exact) mass is 496 g/mol. The second-order valence-electron chi connectivity index (χ2n) is 9.84. The lowest BCUT2D eigenvalue weighted by Crippen LogP contribution is -2.67. The van der Waals surface area contributed by atoms with Crippen molar-refractivity contribution < 1.29 is 19.5 Å². The van der Waals surface area contributed by atoms with Gasteiger partial charge < -0.3 is 19.8 Å². The maximum Gasteiger partial charge on any atom is 0.329 e. The number of carbonyl (C=O) groups is 3. The number of aliphatic carboxylic acids is 1. The summed E-state index contributed by atoms with van der Waals surface area (Å²) in [5.41, 5.74) is 3.55. The molecule has 37 heavy (non-hydrogen) atoms. The first-order valence-electron chi connectivity index (χ1n) is 12.6. The van der Waals surface area contributed by atoms with E-state index in [-0.39, 0.29) is 18.6 Å². The van der Waals surface area contributed by atoms with Gasteiger partial charge in [0, 0.05) is 19.6 Å². The van der Waals surface area contributed by atoms with Crippen molar-refractivity contribution in [3.05, 3.63) is 96.1 Å². The molecule has 0 spiro atoms. The summed E-state index contributed by atoms with van der Waals surface area (Å²) in [7, 11) is 0. The van der Waals surface area contributed by atoms with E-state index >= 15 is 0 Å². The number of para-hydroxylation sites is 2. The molecule has 3 aromatic rings. The van der Waals surface area contributed by atoms with Gasteiger partial charge in [-0.1, -0.05) is 60.7 Å². The Morgan fingerprint density at radius 3 is 1.84 bits per heavy atom. The van der Waals surface area contributed by atoms with Crippen molar-refractivity contribution in [2.24, 2.45) is 0 Å². The Morgan fingerprint density at radius 1 is 0.757 bits per heavy atom. The van der Waals surface area contributed by atoms with Crippen LogP contribution in [0.4, 0.5) is 21.0 Å². The lowest BCUT2D eigenvalue weighted by Gasteiger charge is -2.47. The first-order valence-corrected chi connectivity index (χ1v) is 12.6. The Hall–Kier alpha value is -4.33. The lowest BCUT2D eigenvalue weighted by molar-refractivity contribution is -0.145. The normalized spacial score (nSPS) is 22.1. The number of carboxylic acids is 1. The van der Waals surface area contributed by atoms with Gasteiger partial charge in [-0.05, 0) is 48.2 Å². The Bertz CT molecular complexity index is 1270. The molecule has 3 atom stereocenters. The molecule has 6 rings (SSSR count). The Kier molecular flexibility index (Phi) is 5.79. The summed E-state index contributed by atoms with van der Waals surface area (Å²) in [6.45, 7) is 1.21. The van der Waals surface area contributed by atoms with Crippen molar-refractivity contribution in [1.82, 2.24) is 14.7 Å². The van der Waals surface area contributed by atoms with Gasteiger partial charge in [-0.15, -0.1) is 0 Å². The summed E-state index contributed by atoms with van der Waals surface area (Å²) >= 11 is 0. The maximum atomic E-state index is 14.1. The van der Waals surface area contributed by atoms with Crippen LogP contribution in [0.2, 0.25) is 0 Å². The van der Waals surface area contributed by atoms with E-state index in [1.54, 1.807) is 14.7 Å². The standard InChI is InChI=1S/C29H28N4O4/c34-27(35)26-25-16-15-24(33(25)28(36)30-17-20-9-7-8-10-21(20)18-30)19-31(26)29(37)32(22-11-3-1-4-12-22)23-13-5-2-6-14-23/h1-14,24-26H,15-19H2,(H,34,35)/t24-,25+,26-/m0/s1. The van der Waals surface area contributed by atoms with Crippen LogP contribution in [-0.4, -0.2) is 62.5 Å². The van der Waals surface area contributed by atoms with Gasteiger partial charge in [-0.3, -0.25) is 4.90 Å². The molecule has 8 heteroatoms. The van der Waals surface area contributed by atoms with E-state index in [9.17, 15) is 19.5 Å². The third-order valence-corrected chi connectivity index (χ3v) is 7.71. The molecule has 2 saturated heterocycles. The molecule has 4 amide bonds. The number of amides is 4. The lowest BCUT2D eigenvalue weighted by atomic mass is 10.0.